The molecule has 5 aromatic rings. The Morgan fingerprint density at radius 3 is 2.12 bits per heavy atom. The Morgan fingerprint density at radius 2 is 1.42 bits per heavy atom. The second-order valence-electron chi connectivity index (χ2n) is 35.0. The summed E-state index contributed by atoms with van der Waals surface area (Å²) in [4.78, 5) is 115. The minimum Gasteiger partial charge on any atom is -0.459 e. The first-order valence-corrected chi connectivity index (χ1v) is 45.5. The number of nitrogens with two attached hydrogens (primary N) is 4. The number of benzene rings is 2. The number of anilines is 2. The van der Waals surface area contributed by atoms with Crippen molar-refractivity contribution in [2.75, 3.05) is 145 Å². The number of hydrogen-bond donors (Lipinski definition) is 8. The number of nitrogen functional groups attached to an aromatic ring is 2. The average molecular weight is 1800 g/mol. The van der Waals surface area contributed by atoms with Crippen molar-refractivity contribution >= 4 is 75.3 Å². The van der Waals surface area contributed by atoms with Crippen LogP contribution in [0.4, 0.5) is 16.6 Å². The topological polar surface area (TPSA) is 486 Å². The average Bonchev–Trinajstić information content (AvgIpc) is 1.61. The molecule has 129 heavy (non-hydrogen) atoms. The Hall–Kier alpha value is -9.09. The third-order valence-corrected chi connectivity index (χ3v) is 25.6. The van der Waals surface area contributed by atoms with Crippen molar-refractivity contribution < 1.29 is 110 Å². The van der Waals surface area contributed by atoms with Gasteiger partial charge < -0.3 is 120 Å². The number of aliphatic hydroxyl groups is 3. The molecular weight excluding hydrogens is 1670 g/mol. The first kappa shape index (κ1) is 100. The van der Waals surface area contributed by atoms with Crippen LogP contribution in [0.5, 0.6) is 0 Å². The van der Waals surface area contributed by atoms with Crippen LogP contribution < -0.4 is 28.3 Å². The second-order valence-corrected chi connectivity index (χ2v) is 35.0. The zero-order valence-electron chi connectivity index (χ0n) is 75.9. The Morgan fingerprint density at radius 1 is 0.713 bits per heavy atom. The number of nitrogens with one attached hydrogen (secondary N) is 1. The van der Waals surface area contributed by atoms with E-state index in [0.29, 0.717) is 176 Å². The van der Waals surface area contributed by atoms with Crippen LogP contribution in [-0.2, 0) is 105 Å². The monoisotopic (exact) mass is 1800 g/mol. The predicted molar refractivity (Wildman–Crippen MR) is 477 cm³/mol. The van der Waals surface area contributed by atoms with Crippen LogP contribution in [0, 0.1) is 23.7 Å². The van der Waals surface area contributed by atoms with Crippen LogP contribution in [0.25, 0.3) is 33.4 Å². The van der Waals surface area contributed by atoms with Crippen LogP contribution in [0.3, 0.4) is 0 Å². The number of nitrogens with zero attached hydrogens (tertiary/aromatic N) is 8. The number of Topliss-reactive ketones (excluding diaryl/α,β-unsaturated/α-hetero) is 2. The molecule has 8 heterocycles. The summed E-state index contributed by atoms with van der Waals surface area (Å²) in [5.41, 5.74) is 32.4. The number of fused-ring (bicyclic) bond motifs is 6. The normalized spacial score (nSPS) is 27.9. The summed E-state index contributed by atoms with van der Waals surface area (Å²) < 4.78 is 77.2. The maximum Gasteiger partial charge on any atom is 0.410 e. The summed E-state index contributed by atoms with van der Waals surface area (Å²) in [6.45, 7) is 15.3. The van der Waals surface area contributed by atoms with Crippen molar-refractivity contribution in [3.8, 4) is 11.3 Å². The number of ketones is 2. The Labute approximate surface area is 754 Å². The maximum atomic E-state index is 14.7. The van der Waals surface area contributed by atoms with Gasteiger partial charge in [0, 0.05) is 103 Å². The van der Waals surface area contributed by atoms with Crippen LogP contribution in [0.15, 0.2) is 94.7 Å². The van der Waals surface area contributed by atoms with E-state index < -0.39 is 108 Å². The fourth-order valence-electron chi connectivity index (χ4n) is 17.9. The largest absolute Gasteiger partial charge is 0.459 e. The molecule has 4 amide bonds. The molecule has 6 aliphatic rings. The molecule has 0 unspecified atom stereocenters. The van der Waals surface area contributed by atoms with Gasteiger partial charge in [0.05, 0.1) is 128 Å². The molecule has 1 aliphatic carbocycles. The lowest BCUT2D eigenvalue weighted by atomic mass is 9.80. The Kier molecular flexibility index (Phi) is 38.1. The first-order chi connectivity index (χ1) is 62.1. The van der Waals surface area contributed by atoms with Gasteiger partial charge in [-0.15, -0.1) is 0 Å². The third kappa shape index (κ3) is 27.8. The molecule has 12 N–H and O–H groups in total. The highest BCUT2D eigenvalue weighted by Crippen LogP contribution is 2.38. The van der Waals surface area contributed by atoms with Crippen LogP contribution in [0.1, 0.15) is 154 Å². The van der Waals surface area contributed by atoms with E-state index in [2.05, 4.69) is 32.4 Å². The van der Waals surface area contributed by atoms with Crippen LogP contribution in [0.2, 0.25) is 0 Å². The molecular formula is C93H135N13O23. The number of aromatic nitrogens is 5. The molecule has 2 aromatic carbocycles. The summed E-state index contributed by atoms with van der Waals surface area (Å²) in [6, 6.07) is 9.74. The molecule has 0 spiro atoms. The van der Waals surface area contributed by atoms with E-state index >= 15 is 0 Å². The van der Waals surface area contributed by atoms with Crippen LogP contribution >= 0.6 is 0 Å². The minimum atomic E-state index is -2.46. The minimum absolute atomic E-state index is 0.0198. The number of rotatable bonds is 32. The van der Waals surface area contributed by atoms with E-state index in [4.69, 9.17) is 89.3 Å². The smallest absolute Gasteiger partial charge is 0.410 e. The molecule has 15 atom stereocenters. The summed E-state index contributed by atoms with van der Waals surface area (Å²) in [5.74, 6) is -7.23. The molecule has 36 nitrogen and oxygen atoms in total. The predicted octanol–water partition coefficient (Wildman–Crippen LogP) is 6.71. The van der Waals surface area contributed by atoms with E-state index in [1.807, 2.05) is 72.0 Å². The van der Waals surface area contributed by atoms with E-state index in [0.717, 1.165) is 33.6 Å². The van der Waals surface area contributed by atoms with Gasteiger partial charge in [0.2, 0.25) is 17.6 Å². The van der Waals surface area contributed by atoms with Crippen molar-refractivity contribution in [2.24, 2.45) is 35.1 Å². The lowest BCUT2D eigenvalue weighted by Crippen LogP contribution is -2.60. The van der Waals surface area contributed by atoms with E-state index in [1.54, 1.807) is 40.0 Å². The number of methoxy groups -OCH3 is 3. The summed E-state index contributed by atoms with van der Waals surface area (Å²) in [5, 5.41) is 44.1. The lowest BCUT2D eigenvalue weighted by Gasteiger charge is -2.40. The summed E-state index contributed by atoms with van der Waals surface area (Å²) >= 11 is 0. The first-order valence-electron chi connectivity index (χ1n) is 45.5. The van der Waals surface area contributed by atoms with Gasteiger partial charge in [-0.3, -0.25) is 24.0 Å². The number of aliphatic hydroxyl groups excluding tert-OH is 2. The molecule has 3 saturated heterocycles. The zero-order chi connectivity index (χ0) is 92.3. The maximum absolute atomic E-state index is 14.7. The van der Waals surface area contributed by atoms with E-state index in [-0.39, 0.29) is 126 Å². The van der Waals surface area contributed by atoms with Crippen molar-refractivity contribution in [1.29, 1.82) is 0 Å². The van der Waals surface area contributed by atoms with Crippen molar-refractivity contribution in [2.45, 2.75) is 229 Å². The molecule has 5 aliphatic heterocycles. The number of hydrogen-bond acceptors (Lipinski definition) is 31. The highest BCUT2D eigenvalue weighted by molar-refractivity contribution is 6.39. The molecule has 1 saturated carbocycles. The van der Waals surface area contributed by atoms with E-state index in [1.165, 1.54) is 31.0 Å². The van der Waals surface area contributed by atoms with Crippen molar-refractivity contribution in [3.05, 3.63) is 107 Å². The van der Waals surface area contributed by atoms with Crippen LogP contribution in [-0.4, -0.2) is 302 Å². The number of likely N-dealkylation sites (tertiary alicyclic amines) is 1. The SMILES string of the molecule is CO[C@H]1C[C@@H]2CCC[C@@](O)(O2)C(=O)C(=O)N2CCCC[C@H]2C(=O)O[C@H]([C@H](N)C[C@@H]2CC[C@@H](OC(=O)N3CCC(N)(C(=O)NCCOCCOCCOCCOCCOCCOCCC(=O)N4CCc5cc(Cn6nc(-c7ccc8oc(N)nc8c7)c7c(N)ncnc76)ccc5C4)CC3)[C@H](OC)C2)C[C@@H](O)[C@H](C)/C=C(\C)[C@@H](O)[C@@H](OC)C(=O)[C@H](C)C[C@H](C)/C=C/C=C/C=C/1C. The third-order valence-electron chi connectivity index (χ3n) is 25.6. The zero-order valence-corrected chi connectivity index (χ0v) is 75.9. The number of oxazole rings is 1. The molecule has 36 heteroatoms. The van der Waals surface area contributed by atoms with Crippen molar-refractivity contribution in [3.63, 3.8) is 0 Å². The standard InChI is InChI=1S/C93H135N13O23/c1-58-15-10-9-11-16-59(2)75(117-6)53-68-17-14-27-93(116,129-68)84(111)87(112)105-31-13-12-18-71(105)88(113)126-76(54-72(107)60(3)48-62(5)82(110)83(119-8)81(109)61(4)47-58)69(94)50-63-20-23-74(77(51-63)118-7)128-91(115)103-33-28-92(97,29-34-103)89(114)98-30-36-121-38-40-123-42-44-125-46-45-124-43-41-122-39-37-120-35-26-78(108)104-32-25-65-49-64(19-21-67(65)56-104)55-106-86-79(85(95)99-57-100-86)80(102-106)66-22-24-73-70(52-66)101-90(96)127-73/h9-11,15-16,19,21-22,24,48-49,52,57-58,60-61,63,68-69,71-72,74-77,82-83,107,110,116H,12-14,17-18,20,23,25-47,50-51,53-56,94,97H2,1-8H3,(H2,96,101)(H,98,114)(H2,95,99,100)/b11-9+,15-10+,59-16+,62-48+/t58-,60-,61-,63+,68+,69-,71+,72-,74-,75+,76+,77-,82-,83+,93-/m1/s1. The molecule has 2 bridgehead atoms. The molecule has 4 fully saturated rings. The highest BCUT2D eigenvalue weighted by Gasteiger charge is 2.50. The van der Waals surface area contributed by atoms with Gasteiger partial charge in [-0.2, -0.15) is 10.1 Å². The van der Waals surface area contributed by atoms with Gasteiger partial charge in [0.1, 0.15) is 53.8 Å². The number of ether oxygens (including phenoxy) is 12. The van der Waals surface area contributed by atoms with Gasteiger partial charge in [-0.25, -0.2) is 24.2 Å². The Balaban J connectivity index is 0.539. The highest BCUT2D eigenvalue weighted by atomic mass is 16.6. The molecule has 710 valence electrons. The molecule has 0 radical (unpaired) electrons. The summed E-state index contributed by atoms with van der Waals surface area (Å²) in [7, 11) is 4.45. The molecule has 11 rings (SSSR count). The number of esters is 1. The lowest BCUT2D eigenvalue weighted by molar-refractivity contribution is -0.245. The van der Waals surface area contributed by atoms with Gasteiger partial charge in [0.25, 0.3) is 17.7 Å². The fourth-order valence-corrected chi connectivity index (χ4v) is 17.9. The second kappa shape index (κ2) is 48.9. The summed E-state index contributed by atoms with van der Waals surface area (Å²) in [6.07, 6.45) is 10.1. The Bertz CT molecular complexity index is 4660. The fraction of sp³-hybridized carbons (Fsp3) is 0.645. The van der Waals surface area contributed by atoms with Gasteiger partial charge in [-0.05, 0) is 155 Å². The number of amides is 4. The number of piperidine rings is 2. The number of carbonyl (C=O) groups is 7. The van der Waals surface area contributed by atoms with Crippen molar-refractivity contribution in [1.82, 2.24) is 44.7 Å². The van der Waals surface area contributed by atoms with Gasteiger partial charge in [-0.1, -0.05) is 75.4 Å². The van der Waals surface area contributed by atoms with E-state index in [9.17, 15) is 48.9 Å². The number of carbonyl (C=O) groups excluding carboxylic acids is 7. The number of allylic oxidation sites excluding steroid dienone is 5. The molecule has 3 aromatic heterocycles. The van der Waals surface area contributed by atoms with Gasteiger partial charge in [0.15, 0.2) is 17.0 Å². The number of cyclic esters (lactones) is 1. The quantitative estimate of drug-likeness (QED) is 0.00959. The van der Waals surface area contributed by atoms with Gasteiger partial charge >= 0.3 is 12.1 Å².